The van der Waals surface area contributed by atoms with Gasteiger partial charge in [0.15, 0.2) is 0 Å². The lowest BCUT2D eigenvalue weighted by molar-refractivity contribution is -0.120. The van der Waals surface area contributed by atoms with E-state index in [1.165, 1.54) is 6.21 Å². The van der Waals surface area contributed by atoms with Gasteiger partial charge in [-0.3, -0.25) is 4.79 Å². The Morgan fingerprint density at radius 3 is 3.00 bits per heavy atom. The molecule has 1 amide bonds. The predicted molar refractivity (Wildman–Crippen MR) is 81.2 cm³/mol. The number of fused-ring (bicyclic) bond motifs is 1. The van der Waals surface area contributed by atoms with Crippen molar-refractivity contribution < 1.29 is 9.21 Å². The Bertz CT molecular complexity index is 799. The first kappa shape index (κ1) is 13.2. The van der Waals surface area contributed by atoms with Crippen molar-refractivity contribution in [1.29, 1.82) is 0 Å². The Morgan fingerprint density at radius 1 is 1.33 bits per heavy atom. The van der Waals surface area contributed by atoms with Crippen LogP contribution in [0.2, 0.25) is 0 Å². The number of hydrogen-bond acceptors (Lipinski definition) is 3. The fourth-order valence-corrected chi connectivity index (χ4v) is 2.18. The maximum atomic E-state index is 11.9. The van der Waals surface area contributed by atoms with Crippen molar-refractivity contribution in [2.45, 2.75) is 13.3 Å². The highest BCUT2D eigenvalue weighted by molar-refractivity contribution is 5.89. The summed E-state index contributed by atoms with van der Waals surface area (Å²) in [6.45, 7) is 1.85. The van der Waals surface area contributed by atoms with Crippen molar-refractivity contribution in [1.82, 2.24) is 10.4 Å². The van der Waals surface area contributed by atoms with Crippen molar-refractivity contribution >= 4 is 23.0 Å². The van der Waals surface area contributed by atoms with E-state index in [1.807, 2.05) is 43.5 Å². The molecule has 3 aromatic rings. The molecule has 21 heavy (non-hydrogen) atoms. The number of benzene rings is 1. The van der Waals surface area contributed by atoms with Crippen LogP contribution in [0.25, 0.3) is 10.9 Å². The summed E-state index contributed by atoms with van der Waals surface area (Å²) < 4.78 is 5.32. The van der Waals surface area contributed by atoms with Crippen LogP contribution in [0.15, 0.2) is 52.1 Å². The number of aryl methyl sites for hydroxylation is 1. The molecule has 0 aliphatic rings. The SMILES string of the molecule is Cc1ccc(/C=N\NC(=O)Cc2c[nH]c3ccccc23)o1. The number of aromatic nitrogens is 1. The molecule has 5 nitrogen and oxygen atoms in total. The molecule has 0 bridgehead atoms. The van der Waals surface area contributed by atoms with Gasteiger partial charge < -0.3 is 9.40 Å². The lowest BCUT2D eigenvalue weighted by atomic mass is 10.1. The van der Waals surface area contributed by atoms with Gasteiger partial charge in [0.1, 0.15) is 11.5 Å². The summed E-state index contributed by atoms with van der Waals surface area (Å²) >= 11 is 0. The Kier molecular flexibility index (Phi) is 3.55. The molecule has 3 rings (SSSR count). The van der Waals surface area contributed by atoms with Gasteiger partial charge in [-0.05, 0) is 30.7 Å². The average Bonchev–Trinajstić information content (AvgIpc) is 3.06. The van der Waals surface area contributed by atoms with E-state index in [0.717, 1.165) is 22.2 Å². The lowest BCUT2D eigenvalue weighted by Gasteiger charge is -1.98. The molecule has 0 spiro atoms. The fourth-order valence-electron chi connectivity index (χ4n) is 2.18. The topological polar surface area (TPSA) is 70.4 Å². The molecule has 1 aromatic carbocycles. The number of para-hydroxylation sites is 1. The summed E-state index contributed by atoms with van der Waals surface area (Å²) in [5, 5.41) is 4.94. The number of furan rings is 1. The van der Waals surface area contributed by atoms with Gasteiger partial charge >= 0.3 is 0 Å². The maximum absolute atomic E-state index is 11.9. The molecule has 0 radical (unpaired) electrons. The third-order valence-corrected chi connectivity index (χ3v) is 3.17. The fraction of sp³-hybridized carbons (Fsp3) is 0.125. The van der Waals surface area contributed by atoms with E-state index in [0.29, 0.717) is 5.76 Å². The minimum atomic E-state index is -0.167. The molecule has 0 unspecified atom stereocenters. The van der Waals surface area contributed by atoms with Crippen molar-refractivity contribution in [3.05, 3.63) is 59.7 Å². The van der Waals surface area contributed by atoms with Crippen LogP contribution >= 0.6 is 0 Å². The number of amides is 1. The van der Waals surface area contributed by atoms with E-state index in [2.05, 4.69) is 15.5 Å². The van der Waals surface area contributed by atoms with Crippen LogP contribution in [0.3, 0.4) is 0 Å². The maximum Gasteiger partial charge on any atom is 0.244 e. The van der Waals surface area contributed by atoms with Crippen LogP contribution in [-0.2, 0) is 11.2 Å². The Balaban J connectivity index is 1.63. The van der Waals surface area contributed by atoms with Gasteiger partial charge in [-0.25, -0.2) is 5.43 Å². The first-order valence-electron chi connectivity index (χ1n) is 6.66. The van der Waals surface area contributed by atoms with Gasteiger partial charge in [0, 0.05) is 17.1 Å². The van der Waals surface area contributed by atoms with Crippen molar-refractivity contribution in [2.75, 3.05) is 0 Å². The highest BCUT2D eigenvalue weighted by Gasteiger charge is 2.07. The second-order valence-corrected chi connectivity index (χ2v) is 4.78. The number of hydrazone groups is 1. The van der Waals surface area contributed by atoms with Gasteiger partial charge in [0.25, 0.3) is 0 Å². The summed E-state index contributed by atoms with van der Waals surface area (Å²) in [5.74, 6) is 1.25. The van der Waals surface area contributed by atoms with Crippen LogP contribution in [0.4, 0.5) is 0 Å². The summed E-state index contributed by atoms with van der Waals surface area (Å²) in [5.41, 5.74) is 4.47. The van der Waals surface area contributed by atoms with Gasteiger partial charge in [0.2, 0.25) is 5.91 Å². The molecule has 0 fully saturated rings. The molecule has 2 aromatic heterocycles. The summed E-state index contributed by atoms with van der Waals surface area (Å²) in [6, 6.07) is 11.5. The van der Waals surface area contributed by atoms with Crippen molar-refractivity contribution in [2.24, 2.45) is 5.10 Å². The Morgan fingerprint density at radius 2 is 2.19 bits per heavy atom. The number of nitrogens with one attached hydrogen (secondary N) is 2. The zero-order valence-electron chi connectivity index (χ0n) is 11.6. The first-order chi connectivity index (χ1) is 10.2. The van der Waals surface area contributed by atoms with Crippen LogP contribution in [0.1, 0.15) is 17.1 Å². The number of aromatic amines is 1. The van der Waals surface area contributed by atoms with Gasteiger partial charge in [-0.1, -0.05) is 18.2 Å². The summed E-state index contributed by atoms with van der Waals surface area (Å²) in [6.07, 6.45) is 3.61. The quantitative estimate of drug-likeness (QED) is 0.570. The minimum absolute atomic E-state index is 0.167. The van der Waals surface area contributed by atoms with Gasteiger partial charge in [-0.15, -0.1) is 0 Å². The van der Waals surface area contributed by atoms with Crippen molar-refractivity contribution in [3.63, 3.8) is 0 Å². The first-order valence-corrected chi connectivity index (χ1v) is 6.66. The molecule has 5 heteroatoms. The molecule has 0 saturated heterocycles. The number of carbonyl (C=O) groups excluding carboxylic acids is 1. The smallest absolute Gasteiger partial charge is 0.244 e. The highest BCUT2D eigenvalue weighted by Crippen LogP contribution is 2.17. The molecule has 2 heterocycles. The summed E-state index contributed by atoms with van der Waals surface area (Å²) in [7, 11) is 0. The monoisotopic (exact) mass is 281 g/mol. The molecular weight excluding hydrogens is 266 g/mol. The normalized spacial score (nSPS) is 11.3. The Labute approximate surface area is 121 Å². The number of carbonyl (C=O) groups is 1. The van der Waals surface area contributed by atoms with E-state index in [9.17, 15) is 4.79 Å². The van der Waals surface area contributed by atoms with Gasteiger partial charge in [-0.2, -0.15) is 5.10 Å². The molecule has 106 valence electrons. The number of nitrogens with zero attached hydrogens (tertiary/aromatic N) is 1. The zero-order valence-corrected chi connectivity index (χ0v) is 11.6. The third kappa shape index (κ3) is 3.02. The van der Waals surface area contributed by atoms with Gasteiger partial charge in [0.05, 0.1) is 12.6 Å². The van der Waals surface area contributed by atoms with Crippen LogP contribution < -0.4 is 5.43 Å². The van der Waals surface area contributed by atoms with E-state index in [1.54, 1.807) is 6.07 Å². The Hall–Kier alpha value is -2.82. The predicted octanol–water partition coefficient (Wildman–Crippen LogP) is 2.76. The molecule has 0 aliphatic heterocycles. The zero-order chi connectivity index (χ0) is 14.7. The van der Waals surface area contributed by atoms with Crippen LogP contribution in [0.5, 0.6) is 0 Å². The molecule has 0 atom stereocenters. The van der Waals surface area contributed by atoms with E-state index < -0.39 is 0 Å². The summed E-state index contributed by atoms with van der Waals surface area (Å²) in [4.78, 5) is 15.0. The number of hydrogen-bond donors (Lipinski definition) is 2. The van der Waals surface area contributed by atoms with Crippen LogP contribution in [-0.4, -0.2) is 17.1 Å². The average molecular weight is 281 g/mol. The number of H-pyrrole nitrogens is 1. The lowest BCUT2D eigenvalue weighted by Crippen LogP contribution is -2.19. The molecule has 0 saturated carbocycles. The minimum Gasteiger partial charge on any atom is -0.460 e. The second-order valence-electron chi connectivity index (χ2n) is 4.78. The van der Waals surface area contributed by atoms with Crippen molar-refractivity contribution in [3.8, 4) is 0 Å². The number of rotatable bonds is 4. The molecule has 2 N–H and O–H groups in total. The standard InChI is InChI=1S/C16H15N3O2/c1-11-6-7-13(21-11)10-18-19-16(20)8-12-9-17-15-5-3-2-4-14(12)15/h2-7,9-10,17H,8H2,1H3,(H,19,20)/b18-10-. The van der Waals surface area contributed by atoms with E-state index >= 15 is 0 Å². The van der Waals surface area contributed by atoms with E-state index in [-0.39, 0.29) is 12.3 Å². The van der Waals surface area contributed by atoms with Crippen LogP contribution in [0, 0.1) is 6.92 Å². The second kappa shape index (κ2) is 5.66. The highest BCUT2D eigenvalue weighted by atomic mass is 16.3. The largest absolute Gasteiger partial charge is 0.460 e. The third-order valence-electron chi connectivity index (χ3n) is 3.17. The molecule has 0 aliphatic carbocycles. The molecular formula is C16H15N3O2. The van der Waals surface area contributed by atoms with E-state index in [4.69, 9.17) is 4.42 Å².